The first-order valence-corrected chi connectivity index (χ1v) is 11.9. The molecule has 2 fully saturated rings. The zero-order valence-corrected chi connectivity index (χ0v) is 21.4. The van der Waals surface area contributed by atoms with Crippen molar-refractivity contribution in [3.05, 3.63) is 65.2 Å². The van der Waals surface area contributed by atoms with Crippen LogP contribution < -0.4 is 10.1 Å². The molecular weight excluding hydrogens is 500 g/mol. The molecule has 0 spiro atoms. The van der Waals surface area contributed by atoms with Crippen molar-refractivity contribution in [1.29, 1.82) is 0 Å². The van der Waals surface area contributed by atoms with Crippen molar-refractivity contribution >= 4 is 24.8 Å². The van der Waals surface area contributed by atoms with Gasteiger partial charge in [-0.05, 0) is 49.4 Å². The summed E-state index contributed by atoms with van der Waals surface area (Å²) >= 11 is 0. The predicted molar refractivity (Wildman–Crippen MR) is 137 cm³/mol. The second-order valence-electron chi connectivity index (χ2n) is 9.24. The highest BCUT2D eigenvalue weighted by Gasteiger charge is 2.41. The first-order valence-electron chi connectivity index (χ1n) is 11.9. The Balaban J connectivity index is 0.00000216. The number of benzene rings is 2. The minimum atomic E-state index is -4.40. The molecular formula is C26H35Cl2F3N2O2. The Morgan fingerprint density at radius 1 is 1.00 bits per heavy atom. The predicted octanol–water partition coefficient (Wildman–Crippen LogP) is 5.64. The highest BCUT2D eigenvalue weighted by molar-refractivity contribution is 5.85. The molecule has 0 radical (unpaired) electrons. The van der Waals surface area contributed by atoms with Crippen LogP contribution in [0.2, 0.25) is 0 Å². The molecule has 1 aliphatic carbocycles. The smallest absolute Gasteiger partial charge is 0.416 e. The number of nitrogens with one attached hydrogen (secondary N) is 1. The number of ether oxygens (including phenoxy) is 1. The van der Waals surface area contributed by atoms with Crippen molar-refractivity contribution < 1.29 is 23.0 Å². The largest absolute Gasteiger partial charge is 0.489 e. The van der Waals surface area contributed by atoms with Gasteiger partial charge in [0.2, 0.25) is 0 Å². The number of aliphatic hydroxyl groups is 1. The van der Waals surface area contributed by atoms with E-state index in [1.807, 2.05) is 12.1 Å². The average Bonchev–Trinajstić information content (AvgIpc) is 2.82. The van der Waals surface area contributed by atoms with Crippen LogP contribution in [-0.2, 0) is 19.2 Å². The summed E-state index contributed by atoms with van der Waals surface area (Å²) in [6, 6.07) is 13.2. The molecule has 2 aromatic rings. The van der Waals surface area contributed by atoms with E-state index in [0.29, 0.717) is 12.2 Å². The molecule has 2 atom stereocenters. The zero-order chi connectivity index (χ0) is 23.3. The van der Waals surface area contributed by atoms with Crippen molar-refractivity contribution in [2.45, 2.75) is 63.0 Å². The van der Waals surface area contributed by atoms with Gasteiger partial charge in [-0.1, -0.05) is 43.2 Å². The lowest BCUT2D eigenvalue weighted by atomic mass is 9.76. The molecule has 2 N–H and O–H groups in total. The van der Waals surface area contributed by atoms with E-state index in [1.165, 1.54) is 18.6 Å². The Hall–Kier alpha value is -1.51. The summed E-state index contributed by atoms with van der Waals surface area (Å²) in [7, 11) is 0. The van der Waals surface area contributed by atoms with Gasteiger partial charge in [0, 0.05) is 37.8 Å². The number of nitrogens with zero attached hydrogens (tertiary/aromatic N) is 1. The maximum absolute atomic E-state index is 13.2. The SMILES string of the molecule is Cl.Cl.OC1(CCc2ccc(OCc3ccccc3C(F)(F)F)cc2)CCCCC1N1CCNCC1. The van der Waals surface area contributed by atoms with Crippen LogP contribution >= 0.6 is 24.8 Å². The number of hydrogen-bond donors (Lipinski definition) is 2. The summed E-state index contributed by atoms with van der Waals surface area (Å²) in [5, 5.41) is 14.9. The maximum atomic E-state index is 13.2. The number of piperazine rings is 1. The zero-order valence-electron chi connectivity index (χ0n) is 19.7. The van der Waals surface area contributed by atoms with Gasteiger partial charge >= 0.3 is 6.18 Å². The van der Waals surface area contributed by atoms with Gasteiger partial charge in [0.15, 0.2) is 0 Å². The molecule has 4 nitrogen and oxygen atoms in total. The summed E-state index contributed by atoms with van der Waals surface area (Å²) in [4.78, 5) is 2.45. The fourth-order valence-corrected chi connectivity index (χ4v) is 5.21. The lowest BCUT2D eigenvalue weighted by Gasteiger charge is -2.47. The van der Waals surface area contributed by atoms with Gasteiger partial charge in [0.1, 0.15) is 12.4 Å². The Bertz CT molecular complexity index is 908. The number of aryl methyl sites for hydroxylation is 1. The van der Waals surface area contributed by atoms with Crippen LogP contribution in [0.4, 0.5) is 13.2 Å². The number of rotatable bonds is 7. The van der Waals surface area contributed by atoms with Gasteiger partial charge in [-0.25, -0.2) is 0 Å². The molecule has 0 aromatic heterocycles. The van der Waals surface area contributed by atoms with E-state index in [2.05, 4.69) is 10.2 Å². The minimum absolute atomic E-state index is 0. The van der Waals surface area contributed by atoms with E-state index in [1.54, 1.807) is 18.2 Å². The van der Waals surface area contributed by atoms with Crippen molar-refractivity contribution in [2.24, 2.45) is 0 Å². The molecule has 1 saturated carbocycles. The standard InChI is InChI=1S/C26H33F3N2O2.2ClH/c27-26(28,29)23-6-2-1-5-21(23)19-33-22-10-8-20(9-11-22)12-14-25(32)13-4-3-7-24(25)31-17-15-30-16-18-31;;/h1-2,5-6,8-11,24,30,32H,3-4,7,12-19H2;2*1H. The minimum Gasteiger partial charge on any atom is -0.489 e. The Morgan fingerprint density at radius 3 is 2.37 bits per heavy atom. The monoisotopic (exact) mass is 534 g/mol. The molecule has 2 aromatic carbocycles. The fourth-order valence-electron chi connectivity index (χ4n) is 5.21. The van der Waals surface area contributed by atoms with Gasteiger partial charge in [-0.2, -0.15) is 13.2 Å². The number of alkyl halides is 3. The quantitative estimate of drug-likeness (QED) is 0.482. The van der Waals surface area contributed by atoms with Crippen molar-refractivity contribution in [3.63, 3.8) is 0 Å². The van der Waals surface area contributed by atoms with Gasteiger partial charge < -0.3 is 15.2 Å². The second kappa shape index (κ2) is 13.2. The van der Waals surface area contributed by atoms with E-state index in [-0.39, 0.29) is 43.0 Å². The molecule has 1 saturated heterocycles. The average molecular weight is 535 g/mol. The van der Waals surface area contributed by atoms with Crippen LogP contribution in [0.1, 0.15) is 48.8 Å². The summed E-state index contributed by atoms with van der Waals surface area (Å²) in [6.07, 6.45) is 1.18. The molecule has 9 heteroatoms. The van der Waals surface area contributed by atoms with Crippen molar-refractivity contribution in [3.8, 4) is 5.75 Å². The lowest BCUT2D eigenvalue weighted by molar-refractivity contribution is -0.138. The normalized spacial score (nSPS) is 23.1. The molecule has 35 heavy (non-hydrogen) atoms. The second-order valence-corrected chi connectivity index (χ2v) is 9.24. The van der Waals surface area contributed by atoms with E-state index in [0.717, 1.165) is 63.5 Å². The highest BCUT2D eigenvalue weighted by atomic mass is 35.5. The fraction of sp³-hybridized carbons (Fsp3) is 0.538. The molecule has 0 amide bonds. The lowest BCUT2D eigenvalue weighted by Crippen LogP contribution is -2.59. The van der Waals surface area contributed by atoms with Gasteiger partial charge in [0.25, 0.3) is 0 Å². The molecule has 1 heterocycles. The summed E-state index contributed by atoms with van der Waals surface area (Å²) in [5.41, 5.74) is -0.128. The van der Waals surface area contributed by atoms with E-state index < -0.39 is 17.3 Å². The van der Waals surface area contributed by atoms with E-state index in [4.69, 9.17) is 4.74 Å². The number of halogens is 5. The Labute approximate surface area is 218 Å². The molecule has 1 aliphatic heterocycles. The van der Waals surface area contributed by atoms with Crippen LogP contribution in [0.3, 0.4) is 0 Å². The van der Waals surface area contributed by atoms with Crippen LogP contribution in [0, 0.1) is 0 Å². The van der Waals surface area contributed by atoms with E-state index >= 15 is 0 Å². The molecule has 2 unspecified atom stereocenters. The van der Waals surface area contributed by atoms with E-state index in [9.17, 15) is 18.3 Å². The number of hydrogen-bond acceptors (Lipinski definition) is 4. The van der Waals surface area contributed by atoms with Crippen LogP contribution in [0.15, 0.2) is 48.5 Å². The maximum Gasteiger partial charge on any atom is 0.416 e. The summed E-state index contributed by atoms with van der Waals surface area (Å²) in [5.74, 6) is 0.533. The first kappa shape index (κ1) is 29.7. The molecule has 0 bridgehead atoms. The Kier molecular flexibility index (Phi) is 11.2. The third kappa shape index (κ3) is 7.73. The first-order chi connectivity index (χ1) is 15.9. The molecule has 4 rings (SSSR count). The summed E-state index contributed by atoms with van der Waals surface area (Å²) < 4.78 is 45.1. The summed E-state index contributed by atoms with van der Waals surface area (Å²) in [6.45, 7) is 3.77. The van der Waals surface area contributed by atoms with Crippen LogP contribution in [0.5, 0.6) is 5.75 Å². The third-order valence-corrected chi connectivity index (χ3v) is 7.04. The van der Waals surface area contributed by atoms with Gasteiger partial charge in [0.05, 0.1) is 11.2 Å². The van der Waals surface area contributed by atoms with Gasteiger partial charge in [-0.3, -0.25) is 4.90 Å². The van der Waals surface area contributed by atoms with Gasteiger partial charge in [-0.15, -0.1) is 24.8 Å². The third-order valence-electron chi connectivity index (χ3n) is 7.04. The van der Waals surface area contributed by atoms with Crippen LogP contribution in [-0.4, -0.2) is 47.8 Å². The van der Waals surface area contributed by atoms with Crippen molar-refractivity contribution in [1.82, 2.24) is 10.2 Å². The van der Waals surface area contributed by atoms with Crippen molar-refractivity contribution in [2.75, 3.05) is 26.2 Å². The molecule has 196 valence electrons. The molecule has 2 aliphatic rings. The topological polar surface area (TPSA) is 44.7 Å². The Morgan fingerprint density at radius 2 is 1.69 bits per heavy atom. The highest BCUT2D eigenvalue weighted by Crippen LogP contribution is 2.36. The van der Waals surface area contributed by atoms with Crippen LogP contribution in [0.25, 0.3) is 0 Å².